The summed E-state index contributed by atoms with van der Waals surface area (Å²) in [7, 11) is 0. The van der Waals surface area contributed by atoms with E-state index in [1.54, 1.807) is 0 Å². The van der Waals surface area contributed by atoms with Crippen LogP contribution in [-0.4, -0.2) is 17.7 Å². The fraction of sp³-hybridized carbons (Fsp3) is 0.381. The van der Waals surface area contributed by atoms with Crippen LogP contribution in [0.3, 0.4) is 0 Å². The van der Waals surface area contributed by atoms with Crippen molar-refractivity contribution in [2.45, 2.75) is 45.4 Å². The van der Waals surface area contributed by atoms with Crippen molar-refractivity contribution in [3.05, 3.63) is 65.2 Å². The summed E-state index contributed by atoms with van der Waals surface area (Å²) in [4.78, 5) is 11.8. The van der Waals surface area contributed by atoms with Gasteiger partial charge in [-0.2, -0.15) is 0 Å². The number of ether oxygens (including phenoxy) is 1. The maximum absolute atomic E-state index is 11.8. The predicted octanol–water partition coefficient (Wildman–Crippen LogP) is 4.79. The molecular formula is C21H26O3. The Morgan fingerprint density at radius 1 is 1.12 bits per heavy atom. The summed E-state index contributed by atoms with van der Waals surface area (Å²) in [5.74, 6) is -0.682. The van der Waals surface area contributed by atoms with Gasteiger partial charge in [-0.15, -0.1) is 0 Å². The van der Waals surface area contributed by atoms with Crippen molar-refractivity contribution >= 4 is 5.97 Å². The molecular weight excluding hydrogens is 300 g/mol. The maximum Gasteiger partial charge on any atom is 0.311 e. The van der Waals surface area contributed by atoms with Crippen molar-refractivity contribution in [1.82, 2.24) is 0 Å². The molecule has 0 aliphatic heterocycles. The summed E-state index contributed by atoms with van der Waals surface area (Å²) < 4.78 is 5.49. The van der Waals surface area contributed by atoms with Crippen LogP contribution in [0.4, 0.5) is 0 Å². The van der Waals surface area contributed by atoms with E-state index in [4.69, 9.17) is 4.74 Å². The normalized spacial score (nSPS) is 12.7. The third kappa shape index (κ3) is 4.60. The molecule has 0 saturated carbocycles. The van der Waals surface area contributed by atoms with Crippen molar-refractivity contribution in [2.24, 2.45) is 0 Å². The molecule has 0 saturated heterocycles. The largest absolute Gasteiger partial charge is 0.494 e. The smallest absolute Gasteiger partial charge is 0.311 e. The summed E-state index contributed by atoms with van der Waals surface area (Å²) in [6.07, 6.45) is 0.468. The molecule has 0 aliphatic carbocycles. The quantitative estimate of drug-likeness (QED) is 0.830. The molecule has 1 N–H and O–H groups in total. The minimum Gasteiger partial charge on any atom is -0.494 e. The highest BCUT2D eigenvalue weighted by atomic mass is 16.5. The van der Waals surface area contributed by atoms with Crippen LogP contribution in [0.2, 0.25) is 0 Å². The first-order valence-corrected chi connectivity index (χ1v) is 8.36. The van der Waals surface area contributed by atoms with Crippen LogP contribution in [-0.2, 0) is 16.6 Å². The van der Waals surface area contributed by atoms with E-state index in [1.165, 1.54) is 5.56 Å². The highest BCUT2D eigenvalue weighted by Crippen LogP contribution is 2.27. The van der Waals surface area contributed by atoms with E-state index in [0.717, 1.165) is 11.1 Å². The molecule has 24 heavy (non-hydrogen) atoms. The zero-order chi connectivity index (χ0) is 17.7. The van der Waals surface area contributed by atoms with E-state index in [2.05, 4.69) is 32.9 Å². The van der Waals surface area contributed by atoms with Gasteiger partial charge in [0.2, 0.25) is 0 Å². The van der Waals surface area contributed by atoms with E-state index < -0.39 is 11.9 Å². The van der Waals surface area contributed by atoms with Gasteiger partial charge >= 0.3 is 5.97 Å². The molecule has 3 heteroatoms. The van der Waals surface area contributed by atoms with Crippen molar-refractivity contribution in [3.63, 3.8) is 0 Å². The first-order chi connectivity index (χ1) is 11.3. The lowest BCUT2D eigenvalue weighted by molar-refractivity contribution is -0.138. The summed E-state index contributed by atoms with van der Waals surface area (Å²) in [5, 5.41) is 9.65. The summed E-state index contributed by atoms with van der Waals surface area (Å²) >= 11 is 0. The van der Waals surface area contributed by atoms with Gasteiger partial charge in [0.05, 0.1) is 12.5 Å². The third-order valence-corrected chi connectivity index (χ3v) is 4.13. The Hall–Kier alpha value is -2.29. The highest BCUT2D eigenvalue weighted by Gasteiger charge is 2.21. The molecule has 1 atom stereocenters. The Kier molecular flexibility index (Phi) is 5.66. The number of hydrogen-bond donors (Lipinski definition) is 1. The summed E-state index contributed by atoms with van der Waals surface area (Å²) in [5.41, 5.74) is 3.14. The monoisotopic (exact) mass is 326 g/mol. The summed E-state index contributed by atoms with van der Waals surface area (Å²) in [6.45, 7) is 8.98. The van der Waals surface area contributed by atoms with Gasteiger partial charge in [0.25, 0.3) is 0 Å². The topological polar surface area (TPSA) is 46.5 Å². The lowest BCUT2D eigenvalue weighted by Crippen LogP contribution is -2.15. The molecule has 0 aliphatic rings. The molecule has 2 rings (SSSR count). The number of benzene rings is 2. The number of rotatable bonds is 6. The Morgan fingerprint density at radius 2 is 1.79 bits per heavy atom. The SMILES string of the molecule is CCOc1cccc(C(Cc2ccc(C(C)(C)C)cc2)C(=O)O)c1. The van der Waals surface area contributed by atoms with Gasteiger partial charge in [-0.25, -0.2) is 0 Å². The molecule has 2 aromatic rings. The molecule has 0 fully saturated rings. The highest BCUT2D eigenvalue weighted by molar-refractivity contribution is 5.76. The Bertz CT molecular complexity index is 681. The second kappa shape index (κ2) is 7.52. The van der Waals surface area contributed by atoms with Gasteiger partial charge in [0.15, 0.2) is 0 Å². The lowest BCUT2D eigenvalue weighted by Gasteiger charge is -2.20. The van der Waals surface area contributed by atoms with Crippen molar-refractivity contribution in [1.29, 1.82) is 0 Å². The maximum atomic E-state index is 11.8. The van der Waals surface area contributed by atoms with Gasteiger partial charge in [-0.3, -0.25) is 4.79 Å². The van der Waals surface area contributed by atoms with E-state index in [-0.39, 0.29) is 5.41 Å². The van der Waals surface area contributed by atoms with Crippen LogP contribution >= 0.6 is 0 Å². The molecule has 0 heterocycles. The van der Waals surface area contributed by atoms with Crippen molar-refractivity contribution in [2.75, 3.05) is 6.61 Å². The molecule has 0 spiro atoms. The number of aliphatic carboxylic acids is 1. The Morgan fingerprint density at radius 3 is 2.33 bits per heavy atom. The van der Waals surface area contributed by atoms with Crippen LogP contribution in [0, 0.1) is 0 Å². The van der Waals surface area contributed by atoms with Crippen molar-refractivity contribution in [3.8, 4) is 5.75 Å². The second-order valence-electron chi connectivity index (χ2n) is 7.05. The van der Waals surface area contributed by atoms with E-state index >= 15 is 0 Å². The van der Waals surface area contributed by atoms with E-state index in [1.807, 2.05) is 43.3 Å². The Balaban J connectivity index is 2.23. The van der Waals surface area contributed by atoms with Gasteiger partial charge in [0, 0.05) is 0 Å². The summed E-state index contributed by atoms with van der Waals surface area (Å²) in [6, 6.07) is 15.6. The van der Waals surface area contributed by atoms with Crippen LogP contribution in [0.15, 0.2) is 48.5 Å². The lowest BCUT2D eigenvalue weighted by atomic mass is 9.85. The zero-order valence-electron chi connectivity index (χ0n) is 14.9. The number of carboxylic acids is 1. The molecule has 128 valence electrons. The molecule has 3 nitrogen and oxygen atoms in total. The van der Waals surface area contributed by atoms with Crippen LogP contribution in [0.5, 0.6) is 5.75 Å². The van der Waals surface area contributed by atoms with Crippen LogP contribution in [0.1, 0.15) is 50.3 Å². The number of carbonyl (C=O) groups is 1. The molecule has 1 unspecified atom stereocenters. The molecule has 0 aromatic heterocycles. The number of hydrogen-bond acceptors (Lipinski definition) is 2. The fourth-order valence-electron chi connectivity index (χ4n) is 2.71. The zero-order valence-corrected chi connectivity index (χ0v) is 14.9. The van der Waals surface area contributed by atoms with Crippen LogP contribution in [0.25, 0.3) is 0 Å². The van der Waals surface area contributed by atoms with Gasteiger partial charge in [-0.1, -0.05) is 57.2 Å². The average Bonchev–Trinajstić information content (AvgIpc) is 2.52. The van der Waals surface area contributed by atoms with Gasteiger partial charge < -0.3 is 9.84 Å². The molecule has 0 radical (unpaired) electrons. The first kappa shape index (κ1) is 18.1. The van der Waals surface area contributed by atoms with Gasteiger partial charge in [0.1, 0.15) is 5.75 Å². The minimum absolute atomic E-state index is 0.0938. The van der Waals surface area contributed by atoms with E-state index in [0.29, 0.717) is 18.8 Å². The predicted molar refractivity (Wildman–Crippen MR) is 96.8 cm³/mol. The molecule has 0 bridgehead atoms. The van der Waals surface area contributed by atoms with E-state index in [9.17, 15) is 9.90 Å². The minimum atomic E-state index is -0.816. The fourth-order valence-corrected chi connectivity index (χ4v) is 2.71. The molecule has 0 amide bonds. The first-order valence-electron chi connectivity index (χ1n) is 8.36. The van der Waals surface area contributed by atoms with Crippen molar-refractivity contribution < 1.29 is 14.6 Å². The molecule has 2 aromatic carbocycles. The Labute approximate surface area is 144 Å². The van der Waals surface area contributed by atoms with Crippen LogP contribution < -0.4 is 4.74 Å². The standard InChI is InChI=1S/C21H26O3/c1-5-24-18-8-6-7-16(14-18)19(20(22)23)13-15-9-11-17(12-10-15)21(2,3)4/h6-12,14,19H,5,13H2,1-4H3,(H,22,23). The average molecular weight is 326 g/mol. The third-order valence-electron chi connectivity index (χ3n) is 4.13. The second-order valence-corrected chi connectivity index (χ2v) is 7.05. The van der Waals surface area contributed by atoms with Gasteiger partial charge in [-0.05, 0) is 47.6 Å². The number of carboxylic acid groups (broad SMARTS) is 1.